The molecule has 1 saturated carbocycles. The quantitative estimate of drug-likeness (QED) is 0.0805. The minimum atomic E-state index is -1.65. The molecule has 5 aromatic carbocycles. The molecule has 11 nitrogen and oxygen atoms in total. The molecule has 2 saturated heterocycles. The van der Waals surface area contributed by atoms with Gasteiger partial charge in [-0.15, -0.1) is 0 Å². The van der Waals surface area contributed by atoms with Gasteiger partial charge < -0.3 is 19.3 Å². The number of imide groups is 2. The Balaban J connectivity index is 1.12. The number of benzene rings is 5. The first-order chi connectivity index (χ1) is 30.0. The third kappa shape index (κ3) is 6.48. The molecule has 2 heterocycles. The van der Waals surface area contributed by atoms with Crippen LogP contribution in [-0.4, -0.2) is 55.1 Å². The van der Waals surface area contributed by atoms with Crippen molar-refractivity contribution in [1.29, 1.82) is 0 Å². The van der Waals surface area contributed by atoms with E-state index in [1.807, 2.05) is 48.6 Å². The van der Waals surface area contributed by atoms with Crippen molar-refractivity contribution >= 4 is 58.8 Å². The summed E-state index contributed by atoms with van der Waals surface area (Å²) in [6.07, 6.45) is 5.92. The van der Waals surface area contributed by atoms with Crippen molar-refractivity contribution in [2.24, 2.45) is 23.7 Å². The zero-order valence-electron chi connectivity index (χ0n) is 33.9. The van der Waals surface area contributed by atoms with Crippen molar-refractivity contribution in [2.45, 2.75) is 24.2 Å². The summed E-state index contributed by atoms with van der Waals surface area (Å²) >= 11 is 6.40. The highest BCUT2D eigenvalue weighted by Gasteiger charge is 2.70. The number of phenolic OH excluding ortho intramolecular Hbond substituents is 1. The summed E-state index contributed by atoms with van der Waals surface area (Å²) in [4.78, 5) is 60.7. The van der Waals surface area contributed by atoms with Crippen molar-refractivity contribution < 1.29 is 42.9 Å². The second-order valence-electron chi connectivity index (χ2n) is 15.8. The third-order valence-electron chi connectivity index (χ3n) is 12.8. The van der Waals surface area contributed by atoms with Gasteiger partial charge in [0.25, 0.3) is 11.8 Å². The Bertz CT molecular complexity index is 2690. The highest BCUT2D eigenvalue weighted by atomic mass is 35.5. The van der Waals surface area contributed by atoms with Crippen LogP contribution in [0, 0.1) is 29.5 Å². The van der Waals surface area contributed by atoms with Gasteiger partial charge in [-0.05, 0) is 103 Å². The molecule has 2 aliphatic heterocycles. The van der Waals surface area contributed by atoms with E-state index in [2.05, 4.69) is 5.43 Å². The Hall–Kier alpha value is -6.92. The molecule has 4 amide bonds. The first-order valence-electron chi connectivity index (χ1n) is 20.1. The summed E-state index contributed by atoms with van der Waals surface area (Å²) in [5.41, 5.74) is 5.09. The lowest BCUT2D eigenvalue weighted by Crippen LogP contribution is -2.53. The first kappa shape index (κ1) is 40.5. The maximum Gasteiger partial charge on any atom is 0.260 e. The monoisotopic (exact) mass is 853 g/mol. The number of hydrazine groups is 1. The number of methoxy groups -OCH3 is 3. The Kier molecular flexibility index (Phi) is 10.3. The highest BCUT2D eigenvalue weighted by Crippen LogP contribution is 2.65. The molecule has 4 aliphatic rings. The van der Waals surface area contributed by atoms with Crippen LogP contribution < -0.4 is 24.5 Å². The number of nitrogens with zero attached hydrogens (tertiary/aromatic N) is 2. The van der Waals surface area contributed by atoms with Crippen molar-refractivity contribution in [3.8, 4) is 23.0 Å². The molecule has 3 fully saturated rings. The highest BCUT2D eigenvalue weighted by molar-refractivity contribution is 6.30. The van der Waals surface area contributed by atoms with Crippen molar-refractivity contribution in [3.63, 3.8) is 0 Å². The molecule has 0 aromatic heterocycles. The second kappa shape index (κ2) is 15.8. The van der Waals surface area contributed by atoms with E-state index < -0.39 is 58.5 Å². The molecule has 13 heteroatoms. The molecule has 314 valence electrons. The zero-order chi connectivity index (χ0) is 43.4. The smallest absolute Gasteiger partial charge is 0.260 e. The topological polar surface area (TPSA) is 135 Å². The van der Waals surface area contributed by atoms with Gasteiger partial charge in [-0.2, -0.15) is 5.01 Å². The summed E-state index contributed by atoms with van der Waals surface area (Å²) in [5.74, 6) is -5.23. The number of aromatic hydroxyl groups is 1. The number of amides is 4. The Morgan fingerprint density at radius 2 is 1.47 bits per heavy atom. The van der Waals surface area contributed by atoms with E-state index in [4.69, 9.17) is 25.8 Å². The number of allylic oxidation sites excluding steroid dienone is 2. The largest absolute Gasteiger partial charge is 0.508 e. The molecule has 0 unspecified atom stereocenters. The number of ether oxygens (including phenoxy) is 3. The standard InChI is InChI=1S/C49H41ClFN3O8/c1-60-34-19-23-42(62-3)28(24-34)7-4-27-5-16-33(17-6-27)53-45(56)38-22-21-36-39(43(38)47(53)58)26-40-46(57)54(52-32-14-12-31(51)13-15-32)48(59)49(40,29-8-10-30(50)11-9-29)44(36)37-20-18-35(61-2)25-41(37)55/h4-21,23-25,38-40,43-44,52,55H,22,26H2,1-3H3/t38-,39+,40-,43-,44+,49+/m0/s1. The fourth-order valence-corrected chi connectivity index (χ4v) is 10.2. The lowest BCUT2D eigenvalue weighted by molar-refractivity contribution is -0.138. The van der Waals surface area contributed by atoms with Gasteiger partial charge in [0.2, 0.25) is 11.8 Å². The number of carbonyl (C=O) groups excluding carboxylic acids is 4. The van der Waals surface area contributed by atoms with E-state index in [-0.39, 0.29) is 24.5 Å². The molecular formula is C49H41ClFN3O8. The van der Waals surface area contributed by atoms with Crippen LogP contribution in [0.1, 0.15) is 41.0 Å². The van der Waals surface area contributed by atoms with Crippen LogP contribution in [-0.2, 0) is 24.6 Å². The molecule has 0 radical (unpaired) electrons. The zero-order valence-corrected chi connectivity index (χ0v) is 34.6. The summed E-state index contributed by atoms with van der Waals surface area (Å²) in [7, 11) is 4.65. The van der Waals surface area contributed by atoms with E-state index in [0.717, 1.165) is 16.1 Å². The average Bonchev–Trinajstić information content (AvgIpc) is 3.67. The van der Waals surface area contributed by atoms with E-state index in [9.17, 15) is 23.9 Å². The van der Waals surface area contributed by atoms with Gasteiger partial charge in [0.15, 0.2) is 0 Å². The number of anilines is 2. The number of halogens is 2. The molecule has 2 N–H and O–H groups in total. The van der Waals surface area contributed by atoms with Crippen LogP contribution in [0.2, 0.25) is 5.02 Å². The predicted molar refractivity (Wildman–Crippen MR) is 231 cm³/mol. The first-order valence-corrected chi connectivity index (χ1v) is 20.5. The molecule has 9 rings (SSSR count). The van der Waals surface area contributed by atoms with Crippen LogP contribution in [0.25, 0.3) is 12.2 Å². The summed E-state index contributed by atoms with van der Waals surface area (Å²) in [6, 6.07) is 29.3. The van der Waals surface area contributed by atoms with Crippen LogP contribution in [0.4, 0.5) is 15.8 Å². The maximum absolute atomic E-state index is 15.4. The number of hydrogen-bond acceptors (Lipinski definition) is 9. The minimum absolute atomic E-state index is 0.0412. The number of hydrogen-bond donors (Lipinski definition) is 2. The number of rotatable bonds is 10. The van der Waals surface area contributed by atoms with Gasteiger partial charge >= 0.3 is 0 Å². The van der Waals surface area contributed by atoms with Crippen LogP contribution in [0.5, 0.6) is 23.0 Å². The molecule has 5 aromatic rings. The van der Waals surface area contributed by atoms with Gasteiger partial charge in [-0.25, -0.2) is 4.39 Å². The maximum atomic E-state index is 15.4. The third-order valence-corrected chi connectivity index (χ3v) is 13.1. The predicted octanol–water partition coefficient (Wildman–Crippen LogP) is 8.57. The Morgan fingerprint density at radius 3 is 2.15 bits per heavy atom. The second-order valence-corrected chi connectivity index (χ2v) is 16.3. The van der Waals surface area contributed by atoms with E-state index in [1.165, 1.54) is 42.3 Å². The van der Waals surface area contributed by atoms with Crippen molar-refractivity contribution in [1.82, 2.24) is 5.01 Å². The molecular weight excluding hydrogens is 813 g/mol. The summed E-state index contributed by atoms with van der Waals surface area (Å²) < 4.78 is 30.3. The van der Waals surface area contributed by atoms with E-state index in [1.54, 1.807) is 62.8 Å². The van der Waals surface area contributed by atoms with Gasteiger partial charge in [-0.3, -0.25) is 29.5 Å². The normalized spacial score (nSPS) is 24.1. The number of phenols is 1. The van der Waals surface area contributed by atoms with Gasteiger partial charge in [0, 0.05) is 28.1 Å². The van der Waals surface area contributed by atoms with Crippen LogP contribution in [0.15, 0.2) is 121 Å². The lowest BCUT2D eigenvalue weighted by atomic mass is 9.49. The number of fused-ring (bicyclic) bond motifs is 4. The Labute approximate surface area is 361 Å². The van der Waals surface area contributed by atoms with Gasteiger partial charge in [-0.1, -0.05) is 65.7 Å². The summed E-state index contributed by atoms with van der Waals surface area (Å²) in [5, 5.41) is 13.2. The minimum Gasteiger partial charge on any atom is -0.508 e. The fraction of sp³-hybridized carbons (Fsp3) is 0.224. The fourth-order valence-electron chi connectivity index (χ4n) is 10.0. The van der Waals surface area contributed by atoms with Crippen LogP contribution >= 0.6 is 11.6 Å². The number of nitrogens with one attached hydrogen (secondary N) is 1. The van der Waals surface area contributed by atoms with E-state index >= 15 is 4.79 Å². The molecule has 0 bridgehead atoms. The lowest BCUT2D eigenvalue weighted by Gasteiger charge is -2.50. The molecule has 62 heavy (non-hydrogen) atoms. The van der Waals surface area contributed by atoms with Gasteiger partial charge in [0.05, 0.1) is 55.9 Å². The van der Waals surface area contributed by atoms with E-state index in [0.29, 0.717) is 50.3 Å². The molecule has 6 atom stereocenters. The van der Waals surface area contributed by atoms with Crippen molar-refractivity contribution in [3.05, 3.63) is 154 Å². The number of carbonyl (C=O) groups is 4. The molecule has 2 aliphatic carbocycles. The Morgan fingerprint density at radius 1 is 0.774 bits per heavy atom. The SMILES string of the molecule is COc1ccc([C@H]2C3=CC[C@@H]4C(=O)N(c5ccc(C=Cc6cc(OC)ccc6OC)cc5)C(=O)[C@@H]4[C@@H]3C[C@H]3C(=O)N(Nc4ccc(F)cc4)C(=O)[C@@]23c2ccc(Cl)cc2)c(O)c1. The average molecular weight is 854 g/mol. The molecule has 0 spiro atoms. The van der Waals surface area contributed by atoms with Crippen LogP contribution in [0.3, 0.4) is 0 Å². The summed E-state index contributed by atoms with van der Waals surface area (Å²) in [6.45, 7) is 0. The van der Waals surface area contributed by atoms with Gasteiger partial charge in [0.1, 0.15) is 28.8 Å². The van der Waals surface area contributed by atoms with Crippen molar-refractivity contribution in [2.75, 3.05) is 31.7 Å².